The lowest BCUT2D eigenvalue weighted by atomic mass is 9.96. The Morgan fingerprint density at radius 2 is 1.58 bits per heavy atom. The maximum atomic E-state index is 12.2. The summed E-state index contributed by atoms with van der Waals surface area (Å²) in [4.78, 5) is 12.2. The van der Waals surface area contributed by atoms with E-state index >= 15 is 0 Å². The number of hydrogen-bond acceptors (Lipinski definition) is 2. The molecule has 0 amide bonds. The summed E-state index contributed by atoms with van der Waals surface area (Å²) in [5, 5.41) is 2.17. The Morgan fingerprint density at radius 3 is 2.54 bits per heavy atom. The van der Waals surface area contributed by atoms with Crippen molar-refractivity contribution < 1.29 is 9.53 Å². The van der Waals surface area contributed by atoms with Crippen molar-refractivity contribution in [1.82, 2.24) is 0 Å². The minimum atomic E-state index is 0.125. The summed E-state index contributed by atoms with van der Waals surface area (Å²) in [6.07, 6.45) is 4.00. The fourth-order valence-electron chi connectivity index (χ4n) is 3.22. The number of fused-ring (bicyclic) bond motifs is 2. The van der Waals surface area contributed by atoms with Crippen LogP contribution in [0.1, 0.15) is 24.0 Å². The van der Waals surface area contributed by atoms with Crippen LogP contribution in [-0.4, -0.2) is 5.78 Å². The Morgan fingerprint density at radius 1 is 0.792 bits per heavy atom. The number of allylic oxidation sites excluding steroid dienone is 1. The highest BCUT2D eigenvalue weighted by atomic mass is 16.5. The molecule has 2 nitrogen and oxygen atoms in total. The first-order valence-corrected chi connectivity index (χ1v) is 8.30. The summed E-state index contributed by atoms with van der Waals surface area (Å²) < 4.78 is 6.24. The number of ketones is 1. The third-order valence-electron chi connectivity index (χ3n) is 4.41. The zero-order valence-corrected chi connectivity index (χ0v) is 13.4. The van der Waals surface area contributed by atoms with Gasteiger partial charge in [-0.05, 0) is 29.9 Å². The standard InChI is InChI=1S/C22H18O2/c23-18-11-5-9-17-8-2-4-13-20(17)22(15-18)24-21-14-6-10-16-7-1-3-12-19(16)21/h1-4,6-8,10,12-15H,5,9,11H2. The Labute approximate surface area is 141 Å². The minimum absolute atomic E-state index is 0.125. The predicted molar refractivity (Wildman–Crippen MR) is 96.9 cm³/mol. The molecule has 0 atom stereocenters. The van der Waals surface area contributed by atoms with Crippen molar-refractivity contribution >= 4 is 22.3 Å². The molecule has 0 saturated carbocycles. The highest BCUT2D eigenvalue weighted by Crippen LogP contribution is 2.31. The van der Waals surface area contributed by atoms with Gasteiger partial charge in [-0.1, -0.05) is 60.7 Å². The largest absolute Gasteiger partial charge is 0.456 e. The molecule has 3 aromatic carbocycles. The van der Waals surface area contributed by atoms with E-state index < -0.39 is 0 Å². The lowest BCUT2D eigenvalue weighted by Crippen LogP contribution is -2.07. The Kier molecular flexibility index (Phi) is 3.87. The summed E-state index contributed by atoms with van der Waals surface area (Å²) in [6.45, 7) is 0. The zero-order chi connectivity index (χ0) is 16.4. The van der Waals surface area contributed by atoms with Crippen LogP contribution in [-0.2, 0) is 11.2 Å². The number of aryl methyl sites for hydroxylation is 1. The topological polar surface area (TPSA) is 26.3 Å². The normalized spacial score (nSPS) is 14.5. The lowest BCUT2D eigenvalue weighted by molar-refractivity contribution is -0.114. The van der Waals surface area contributed by atoms with Gasteiger partial charge in [-0.25, -0.2) is 0 Å². The van der Waals surface area contributed by atoms with E-state index in [2.05, 4.69) is 18.2 Å². The van der Waals surface area contributed by atoms with Crippen LogP contribution in [0.5, 0.6) is 5.75 Å². The molecule has 0 radical (unpaired) electrons. The van der Waals surface area contributed by atoms with Crippen LogP contribution in [0, 0.1) is 0 Å². The van der Waals surface area contributed by atoms with E-state index in [0.29, 0.717) is 12.2 Å². The van der Waals surface area contributed by atoms with Gasteiger partial charge in [-0.15, -0.1) is 0 Å². The van der Waals surface area contributed by atoms with Gasteiger partial charge in [0.2, 0.25) is 0 Å². The van der Waals surface area contributed by atoms with Gasteiger partial charge in [0.1, 0.15) is 11.5 Å². The SMILES string of the molecule is O=C1C=C(Oc2cccc3ccccc23)c2ccccc2CCC1. The van der Waals surface area contributed by atoms with Crippen molar-refractivity contribution in [2.75, 3.05) is 0 Å². The third-order valence-corrected chi connectivity index (χ3v) is 4.41. The monoisotopic (exact) mass is 314 g/mol. The van der Waals surface area contributed by atoms with Crippen LogP contribution in [0.2, 0.25) is 0 Å². The van der Waals surface area contributed by atoms with Crippen LogP contribution in [0.15, 0.2) is 72.8 Å². The maximum Gasteiger partial charge on any atom is 0.159 e. The van der Waals surface area contributed by atoms with Gasteiger partial charge in [-0.2, -0.15) is 0 Å². The second-order valence-electron chi connectivity index (χ2n) is 6.06. The second kappa shape index (κ2) is 6.32. The van der Waals surface area contributed by atoms with Crippen LogP contribution < -0.4 is 4.74 Å². The van der Waals surface area contributed by atoms with E-state index in [1.807, 2.05) is 48.5 Å². The molecule has 0 aromatic heterocycles. The summed E-state index contributed by atoms with van der Waals surface area (Å²) in [5.74, 6) is 1.55. The number of hydrogen-bond donors (Lipinski definition) is 0. The lowest BCUT2D eigenvalue weighted by Gasteiger charge is -2.17. The molecule has 0 unspecified atom stereocenters. The van der Waals surface area contributed by atoms with E-state index in [1.54, 1.807) is 6.08 Å². The van der Waals surface area contributed by atoms with Crippen molar-refractivity contribution in [2.45, 2.75) is 19.3 Å². The fraction of sp³-hybridized carbons (Fsp3) is 0.136. The summed E-state index contributed by atoms with van der Waals surface area (Å²) in [6, 6.07) is 22.3. The van der Waals surface area contributed by atoms with Crippen LogP contribution >= 0.6 is 0 Å². The molecular formula is C22H18O2. The average Bonchev–Trinajstić information content (AvgIpc) is 2.60. The average molecular weight is 314 g/mol. The second-order valence-corrected chi connectivity index (χ2v) is 6.06. The molecule has 24 heavy (non-hydrogen) atoms. The van der Waals surface area contributed by atoms with Crippen LogP contribution in [0.3, 0.4) is 0 Å². The molecule has 118 valence electrons. The van der Waals surface area contributed by atoms with Crippen LogP contribution in [0.4, 0.5) is 0 Å². The Balaban J connectivity index is 1.82. The van der Waals surface area contributed by atoms with E-state index in [4.69, 9.17) is 4.74 Å². The number of carbonyl (C=O) groups is 1. The van der Waals surface area contributed by atoms with Crippen molar-refractivity contribution in [2.24, 2.45) is 0 Å². The molecule has 3 aromatic rings. The van der Waals surface area contributed by atoms with E-state index in [9.17, 15) is 4.79 Å². The molecule has 2 heteroatoms. The van der Waals surface area contributed by atoms with Gasteiger partial charge in [0.15, 0.2) is 5.78 Å². The molecule has 0 heterocycles. The summed E-state index contributed by atoms with van der Waals surface area (Å²) in [5.41, 5.74) is 2.25. The van der Waals surface area contributed by atoms with Gasteiger partial charge >= 0.3 is 0 Å². The predicted octanol–water partition coefficient (Wildman–Crippen LogP) is 5.17. The molecule has 1 aliphatic rings. The highest BCUT2D eigenvalue weighted by Gasteiger charge is 2.16. The Hall–Kier alpha value is -2.87. The van der Waals surface area contributed by atoms with Crippen molar-refractivity contribution in [1.29, 1.82) is 0 Å². The Bertz CT molecular complexity index is 932. The van der Waals surface area contributed by atoms with E-state index in [-0.39, 0.29) is 5.78 Å². The fourth-order valence-corrected chi connectivity index (χ4v) is 3.22. The third kappa shape index (κ3) is 2.83. The van der Waals surface area contributed by atoms with Gasteiger partial charge in [0, 0.05) is 23.4 Å². The van der Waals surface area contributed by atoms with Gasteiger partial charge in [-0.3, -0.25) is 4.79 Å². The maximum absolute atomic E-state index is 12.2. The van der Waals surface area contributed by atoms with Crippen molar-refractivity contribution in [3.05, 3.63) is 83.9 Å². The number of rotatable bonds is 2. The van der Waals surface area contributed by atoms with E-state index in [0.717, 1.165) is 34.9 Å². The number of benzene rings is 3. The first-order chi connectivity index (χ1) is 11.8. The minimum Gasteiger partial charge on any atom is -0.456 e. The highest BCUT2D eigenvalue weighted by molar-refractivity contribution is 5.97. The molecule has 0 spiro atoms. The summed E-state index contributed by atoms with van der Waals surface area (Å²) in [7, 11) is 0. The van der Waals surface area contributed by atoms with Gasteiger partial charge in [0.05, 0.1) is 0 Å². The van der Waals surface area contributed by atoms with Gasteiger partial charge < -0.3 is 4.74 Å². The number of ether oxygens (including phenoxy) is 1. The van der Waals surface area contributed by atoms with Crippen LogP contribution in [0.25, 0.3) is 16.5 Å². The molecule has 0 bridgehead atoms. The molecule has 0 N–H and O–H groups in total. The van der Waals surface area contributed by atoms with E-state index in [1.165, 1.54) is 5.56 Å². The van der Waals surface area contributed by atoms with Crippen molar-refractivity contribution in [3.63, 3.8) is 0 Å². The smallest absolute Gasteiger partial charge is 0.159 e. The molecule has 0 saturated heterocycles. The first-order valence-electron chi connectivity index (χ1n) is 8.30. The zero-order valence-electron chi connectivity index (χ0n) is 13.4. The first kappa shape index (κ1) is 14.7. The number of carbonyl (C=O) groups excluding carboxylic acids is 1. The molecular weight excluding hydrogens is 296 g/mol. The quantitative estimate of drug-likeness (QED) is 0.652. The summed E-state index contributed by atoms with van der Waals surface area (Å²) >= 11 is 0. The molecule has 0 fully saturated rings. The molecule has 4 rings (SSSR count). The van der Waals surface area contributed by atoms with Crippen molar-refractivity contribution in [3.8, 4) is 5.75 Å². The molecule has 0 aliphatic heterocycles. The van der Waals surface area contributed by atoms with Gasteiger partial charge in [0.25, 0.3) is 0 Å². The molecule has 1 aliphatic carbocycles.